The summed E-state index contributed by atoms with van der Waals surface area (Å²) < 4.78 is 6.39. The van der Waals surface area contributed by atoms with Gasteiger partial charge < -0.3 is 15.2 Å². The second-order valence-electron chi connectivity index (χ2n) is 3.45. The van der Waals surface area contributed by atoms with Gasteiger partial charge in [-0.05, 0) is 62.9 Å². The molecule has 1 amide bonds. The predicted molar refractivity (Wildman–Crippen MR) is 75.4 cm³/mol. The van der Waals surface area contributed by atoms with Gasteiger partial charge in [0.25, 0.3) is 0 Å². The second kappa shape index (κ2) is 4.94. The van der Waals surface area contributed by atoms with Gasteiger partial charge in [0.2, 0.25) is 0 Å². The molecule has 0 saturated carbocycles. The first-order valence-electron chi connectivity index (χ1n) is 4.69. The molecular weight excluding hydrogens is 436 g/mol. The molecular formula is C10H9I2NO3. The highest BCUT2D eigenvalue weighted by Crippen LogP contribution is 2.31. The number of rotatable bonds is 1. The Labute approximate surface area is 120 Å². The number of hydrogen-bond acceptors (Lipinski definition) is 3. The number of hydrogen-bond donors (Lipinski definition) is 2. The molecule has 1 saturated heterocycles. The van der Waals surface area contributed by atoms with Gasteiger partial charge in [-0.2, -0.15) is 0 Å². The molecule has 1 atom stereocenters. The van der Waals surface area contributed by atoms with Crippen LogP contribution in [-0.4, -0.2) is 17.8 Å². The number of carbonyl (C=O) groups excluding carboxylic acids is 1. The van der Waals surface area contributed by atoms with E-state index >= 15 is 0 Å². The lowest BCUT2D eigenvalue weighted by atomic mass is 10.0. The van der Waals surface area contributed by atoms with E-state index < -0.39 is 0 Å². The van der Waals surface area contributed by atoms with Crippen molar-refractivity contribution in [3.05, 3.63) is 24.8 Å². The maximum Gasteiger partial charge on any atom is 0.407 e. The minimum absolute atomic E-state index is 0.0242. The zero-order chi connectivity index (χ0) is 11.7. The molecule has 1 aromatic carbocycles. The van der Waals surface area contributed by atoms with Crippen molar-refractivity contribution in [3.8, 4) is 5.75 Å². The Morgan fingerprint density at radius 3 is 2.56 bits per heavy atom. The van der Waals surface area contributed by atoms with Crippen LogP contribution in [0.5, 0.6) is 5.75 Å². The molecule has 4 nitrogen and oxygen atoms in total. The summed E-state index contributed by atoms with van der Waals surface area (Å²) >= 11 is 4.16. The monoisotopic (exact) mass is 445 g/mol. The number of phenolic OH excluding ortho intramolecular Hbond substituents is 1. The minimum atomic E-state index is -0.380. The highest BCUT2D eigenvalue weighted by Gasteiger charge is 2.22. The standard InChI is InChI=1S/C10H9I2NO3/c11-6-3-5(4-7(12)9(6)14)8-1-2-16-10(15)13-8/h3-4,8,14H,1-2H2,(H,13,15)/t8-/m1/s1. The summed E-state index contributed by atoms with van der Waals surface area (Å²) in [6.45, 7) is 0.435. The highest BCUT2D eigenvalue weighted by molar-refractivity contribution is 14.1. The zero-order valence-corrected chi connectivity index (χ0v) is 12.5. The van der Waals surface area contributed by atoms with Crippen LogP contribution in [0, 0.1) is 7.14 Å². The average molecular weight is 445 g/mol. The third-order valence-corrected chi connectivity index (χ3v) is 4.02. The molecule has 0 spiro atoms. The Bertz CT molecular complexity index is 413. The van der Waals surface area contributed by atoms with E-state index in [0.717, 1.165) is 19.1 Å². The average Bonchev–Trinajstić information content (AvgIpc) is 2.25. The number of phenols is 1. The third kappa shape index (κ3) is 2.53. The molecule has 1 fully saturated rings. The molecule has 0 aromatic heterocycles. The first-order valence-corrected chi connectivity index (χ1v) is 6.85. The molecule has 0 unspecified atom stereocenters. The molecule has 1 heterocycles. The fourth-order valence-electron chi connectivity index (χ4n) is 1.56. The summed E-state index contributed by atoms with van der Waals surface area (Å²) in [6, 6.07) is 3.74. The first kappa shape index (κ1) is 12.2. The van der Waals surface area contributed by atoms with Crippen molar-refractivity contribution in [2.24, 2.45) is 0 Å². The van der Waals surface area contributed by atoms with Crippen LogP contribution in [-0.2, 0) is 4.74 Å². The lowest BCUT2D eigenvalue weighted by molar-refractivity contribution is 0.115. The molecule has 1 aliphatic rings. The predicted octanol–water partition coefficient (Wildman–Crippen LogP) is 2.77. The van der Waals surface area contributed by atoms with Crippen LogP contribution in [0.25, 0.3) is 0 Å². The molecule has 1 aliphatic heterocycles. The van der Waals surface area contributed by atoms with E-state index in [9.17, 15) is 9.90 Å². The molecule has 0 aliphatic carbocycles. The van der Waals surface area contributed by atoms with Crippen molar-refractivity contribution in [2.45, 2.75) is 12.5 Å². The van der Waals surface area contributed by atoms with E-state index in [1.54, 1.807) is 0 Å². The van der Waals surface area contributed by atoms with Crippen molar-refractivity contribution >= 4 is 51.3 Å². The first-order chi connectivity index (χ1) is 7.58. The number of aromatic hydroxyl groups is 1. The van der Waals surface area contributed by atoms with E-state index in [2.05, 4.69) is 50.5 Å². The number of nitrogens with one attached hydrogen (secondary N) is 1. The Kier molecular flexibility index (Phi) is 3.77. The van der Waals surface area contributed by atoms with Gasteiger partial charge in [0.15, 0.2) is 0 Å². The summed E-state index contributed by atoms with van der Waals surface area (Å²) in [5, 5.41) is 12.4. The van der Waals surface area contributed by atoms with Gasteiger partial charge in [0.1, 0.15) is 5.75 Å². The third-order valence-electron chi connectivity index (χ3n) is 2.37. The number of benzene rings is 1. The minimum Gasteiger partial charge on any atom is -0.506 e. The Balaban J connectivity index is 2.30. The molecule has 0 bridgehead atoms. The quantitative estimate of drug-likeness (QED) is 0.655. The van der Waals surface area contributed by atoms with Crippen molar-refractivity contribution in [1.82, 2.24) is 5.32 Å². The van der Waals surface area contributed by atoms with E-state index in [1.165, 1.54) is 0 Å². The summed E-state index contributed by atoms with van der Waals surface area (Å²) in [5.41, 5.74) is 1.00. The molecule has 86 valence electrons. The van der Waals surface area contributed by atoms with Crippen LogP contribution in [0.4, 0.5) is 4.79 Å². The van der Waals surface area contributed by atoms with Gasteiger partial charge in [-0.15, -0.1) is 0 Å². The van der Waals surface area contributed by atoms with Gasteiger partial charge in [0.05, 0.1) is 19.8 Å². The number of ether oxygens (including phenoxy) is 1. The van der Waals surface area contributed by atoms with Gasteiger partial charge in [-0.25, -0.2) is 4.79 Å². The van der Waals surface area contributed by atoms with E-state index in [1.807, 2.05) is 12.1 Å². The lowest BCUT2D eigenvalue weighted by Crippen LogP contribution is -2.35. The van der Waals surface area contributed by atoms with Crippen LogP contribution in [0.2, 0.25) is 0 Å². The topological polar surface area (TPSA) is 58.6 Å². The fourth-order valence-corrected chi connectivity index (χ4v) is 3.38. The van der Waals surface area contributed by atoms with Gasteiger partial charge in [0, 0.05) is 6.42 Å². The van der Waals surface area contributed by atoms with Crippen molar-refractivity contribution in [2.75, 3.05) is 6.61 Å². The maximum absolute atomic E-state index is 11.1. The Morgan fingerprint density at radius 2 is 2.00 bits per heavy atom. The summed E-state index contributed by atoms with van der Waals surface area (Å²) in [7, 11) is 0. The number of amides is 1. The van der Waals surface area contributed by atoms with Gasteiger partial charge in [-0.3, -0.25) is 0 Å². The second-order valence-corrected chi connectivity index (χ2v) is 5.78. The van der Waals surface area contributed by atoms with Crippen molar-refractivity contribution < 1.29 is 14.6 Å². The molecule has 1 aromatic rings. The molecule has 6 heteroatoms. The van der Waals surface area contributed by atoms with Crippen LogP contribution in [0.15, 0.2) is 12.1 Å². The van der Waals surface area contributed by atoms with Crippen LogP contribution < -0.4 is 5.32 Å². The smallest absolute Gasteiger partial charge is 0.407 e. The SMILES string of the molecule is O=C1N[C@@H](c2cc(I)c(O)c(I)c2)CCO1. The van der Waals surface area contributed by atoms with E-state index in [0.29, 0.717) is 12.4 Å². The molecule has 0 radical (unpaired) electrons. The number of carbonyl (C=O) groups is 1. The Hall–Kier alpha value is -0.250. The normalized spacial score (nSPS) is 20.1. The van der Waals surface area contributed by atoms with Gasteiger partial charge in [-0.1, -0.05) is 0 Å². The summed E-state index contributed by atoms with van der Waals surface area (Å²) in [5.74, 6) is 0.295. The van der Waals surface area contributed by atoms with E-state index in [4.69, 9.17) is 4.74 Å². The zero-order valence-electron chi connectivity index (χ0n) is 8.17. The van der Waals surface area contributed by atoms with Crippen molar-refractivity contribution in [1.29, 1.82) is 0 Å². The van der Waals surface area contributed by atoms with Crippen LogP contribution in [0.1, 0.15) is 18.0 Å². The molecule has 2 rings (SSSR count). The number of alkyl carbamates (subject to hydrolysis) is 1. The largest absolute Gasteiger partial charge is 0.506 e. The fraction of sp³-hybridized carbons (Fsp3) is 0.300. The maximum atomic E-state index is 11.1. The van der Waals surface area contributed by atoms with Crippen molar-refractivity contribution in [3.63, 3.8) is 0 Å². The van der Waals surface area contributed by atoms with E-state index in [-0.39, 0.29) is 12.1 Å². The molecule has 16 heavy (non-hydrogen) atoms. The Morgan fingerprint density at radius 1 is 1.38 bits per heavy atom. The number of cyclic esters (lactones) is 1. The molecule has 2 N–H and O–H groups in total. The van der Waals surface area contributed by atoms with Crippen LogP contribution >= 0.6 is 45.2 Å². The summed E-state index contributed by atoms with van der Waals surface area (Å²) in [6.07, 6.45) is 0.372. The summed E-state index contributed by atoms with van der Waals surface area (Å²) in [4.78, 5) is 11.1. The number of halogens is 2. The van der Waals surface area contributed by atoms with Gasteiger partial charge >= 0.3 is 6.09 Å². The lowest BCUT2D eigenvalue weighted by Gasteiger charge is -2.24. The van der Waals surface area contributed by atoms with Crippen LogP contribution in [0.3, 0.4) is 0 Å². The highest BCUT2D eigenvalue weighted by atomic mass is 127.